The molecule has 3 aromatic rings. The van der Waals surface area contributed by atoms with E-state index >= 15 is 0 Å². The van der Waals surface area contributed by atoms with E-state index in [2.05, 4.69) is 0 Å². The fraction of sp³-hybridized carbons (Fsp3) is 0.379. The highest BCUT2D eigenvalue weighted by Crippen LogP contribution is 2.42. The Balaban J connectivity index is 1.76. The summed E-state index contributed by atoms with van der Waals surface area (Å²) in [5.41, 5.74) is 7.25. The zero-order valence-corrected chi connectivity index (χ0v) is 21.4. The quantitative estimate of drug-likeness (QED) is 0.359. The first kappa shape index (κ1) is 27.1. The summed E-state index contributed by atoms with van der Waals surface area (Å²) < 4.78 is 34.8. The molecule has 1 aliphatic heterocycles. The molecule has 3 aromatic carbocycles. The number of aliphatic hydroxyl groups is 1. The molecule has 4 atom stereocenters. The van der Waals surface area contributed by atoms with Crippen molar-refractivity contribution in [1.29, 1.82) is 0 Å². The smallest absolute Gasteiger partial charge is 0.186 e. The van der Waals surface area contributed by atoms with Crippen LogP contribution in [0.25, 0.3) is 0 Å². The molecule has 1 saturated heterocycles. The van der Waals surface area contributed by atoms with Crippen molar-refractivity contribution in [3.8, 4) is 11.5 Å². The number of aliphatic hydroxyl groups excluding tert-OH is 1. The van der Waals surface area contributed by atoms with Gasteiger partial charge in [-0.25, -0.2) is 0 Å². The van der Waals surface area contributed by atoms with E-state index in [1.54, 1.807) is 14.2 Å². The molecule has 0 saturated carbocycles. The van der Waals surface area contributed by atoms with E-state index in [1.165, 1.54) is 7.11 Å². The van der Waals surface area contributed by atoms with Crippen LogP contribution in [0.15, 0.2) is 78.9 Å². The van der Waals surface area contributed by atoms with Gasteiger partial charge in [-0.05, 0) is 41.0 Å². The number of nitrogens with two attached hydrogens (primary N) is 1. The van der Waals surface area contributed by atoms with Gasteiger partial charge in [0, 0.05) is 13.7 Å². The molecule has 1 heterocycles. The summed E-state index contributed by atoms with van der Waals surface area (Å²) in [6, 6.07) is 25.5. The predicted octanol–water partition coefficient (Wildman–Crippen LogP) is 3.09. The fourth-order valence-electron chi connectivity index (χ4n) is 4.69. The second-order valence-electron chi connectivity index (χ2n) is 8.71. The predicted molar refractivity (Wildman–Crippen MR) is 139 cm³/mol. The number of ether oxygens (including phenoxy) is 6. The lowest BCUT2D eigenvalue weighted by Crippen LogP contribution is -2.40. The zero-order valence-electron chi connectivity index (χ0n) is 21.4. The molecular weight excluding hydrogens is 474 g/mol. The molecule has 8 heteroatoms. The average molecular weight is 510 g/mol. The van der Waals surface area contributed by atoms with Gasteiger partial charge in [-0.2, -0.15) is 0 Å². The van der Waals surface area contributed by atoms with E-state index < -0.39 is 30.2 Å². The van der Waals surface area contributed by atoms with Gasteiger partial charge in [-0.1, -0.05) is 54.6 Å². The molecule has 198 valence electrons. The van der Waals surface area contributed by atoms with Crippen LogP contribution in [0.3, 0.4) is 0 Å². The van der Waals surface area contributed by atoms with Crippen molar-refractivity contribution >= 4 is 0 Å². The molecule has 0 bridgehead atoms. The van der Waals surface area contributed by atoms with Gasteiger partial charge >= 0.3 is 0 Å². The molecule has 1 aliphatic rings. The molecule has 4 rings (SSSR count). The average Bonchev–Trinajstić information content (AvgIpc) is 3.27. The van der Waals surface area contributed by atoms with E-state index in [4.69, 9.17) is 34.2 Å². The maximum atomic E-state index is 11.0. The van der Waals surface area contributed by atoms with Gasteiger partial charge in [0.15, 0.2) is 6.29 Å². The summed E-state index contributed by atoms with van der Waals surface area (Å²) in [7, 11) is 4.78. The Bertz CT molecular complexity index is 1040. The first-order valence-electron chi connectivity index (χ1n) is 12.2. The summed E-state index contributed by atoms with van der Waals surface area (Å²) in [5.74, 6) is 1.47. The third kappa shape index (κ3) is 5.65. The van der Waals surface area contributed by atoms with E-state index in [0.717, 1.165) is 28.2 Å². The van der Waals surface area contributed by atoms with Crippen molar-refractivity contribution in [2.75, 3.05) is 41.1 Å². The van der Waals surface area contributed by atoms with E-state index in [1.807, 2.05) is 78.9 Å². The number of hydrogen-bond acceptors (Lipinski definition) is 8. The maximum Gasteiger partial charge on any atom is 0.186 e. The van der Waals surface area contributed by atoms with Gasteiger partial charge in [0.05, 0.1) is 27.4 Å². The van der Waals surface area contributed by atoms with Crippen LogP contribution in [0, 0.1) is 0 Å². The Labute approximate surface area is 217 Å². The number of benzene rings is 3. The Morgan fingerprint density at radius 3 is 1.84 bits per heavy atom. The largest absolute Gasteiger partial charge is 0.497 e. The van der Waals surface area contributed by atoms with Gasteiger partial charge in [0.2, 0.25) is 0 Å². The van der Waals surface area contributed by atoms with E-state index in [9.17, 15) is 5.11 Å². The third-order valence-corrected chi connectivity index (χ3v) is 6.60. The van der Waals surface area contributed by atoms with Gasteiger partial charge in [-0.3, -0.25) is 0 Å². The SMILES string of the molecule is COc1ccc(C(OC[C@H]2O[C@@H](OCCN)[C@H](OC)[C@@H]2O)(c2ccccc2)c2ccc(OC)cc2)cc1. The van der Waals surface area contributed by atoms with Crippen LogP contribution in [0.4, 0.5) is 0 Å². The van der Waals surface area contributed by atoms with Gasteiger partial charge in [-0.15, -0.1) is 0 Å². The lowest BCUT2D eigenvalue weighted by Gasteiger charge is -2.37. The normalized spacial score (nSPS) is 21.6. The molecule has 0 unspecified atom stereocenters. The monoisotopic (exact) mass is 509 g/mol. The van der Waals surface area contributed by atoms with Crippen LogP contribution in [-0.4, -0.2) is 70.8 Å². The highest BCUT2D eigenvalue weighted by atomic mass is 16.7. The van der Waals surface area contributed by atoms with Crippen molar-refractivity contribution in [2.45, 2.75) is 30.2 Å². The molecule has 0 aliphatic carbocycles. The Kier molecular flexibility index (Phi) is 9.15. The Morgan fingerprint density at radius 1 is 0.811 bits per heavy atom. The van der Waals surface area contributed by atoms with E-state index in [0.29, 0.717) is 6.54 Å². The van der Waals surface area contributed by atoms with Crippen molar-refractivity contribution in [3.05, 3.63) is 95.6 Å². The fourth-order valence-corrected chi connectivity index (χ4v) is 4.69. The van der Waals surface area contributed by atoms with Crippen LogP contribution in [0.2, 0.25) is 0 Å². The number of rotatable bonds is 12. The minimum Gasteiger partial charge on any atom is -0.497 e. The molecule has 0 amide bonds. The van der Waals surface area contributed by atoms with Crippen LogP contribution in [-0.2, 0) is 24.5 Å². The van der Waals surface area contributed by atoms with E-state index in [-0.39, 0.29) is 13.2 Å². The van der Waals surface area contributed by atoms with Crippen molar-refractivity contribution in [2.24, 2.45) is 5.73 Å². The number of hydrogen-bond donors (Lipinski definition) is 2. The Morgan fingerprint density at radius 2 is 1.35 bits per heavy atom. The molecule has 8 nitrogen and oxygen atoms in total. The van der Waals surface area contributed by atoms with Crippen LogP contribution in [0.1, 0.15) is 16.7 Å². The third-order valence-electron chi connectivity index (χ3n) is 6.60. The lowest BCUT2D eigenvalue weighted by molar-refractivity contribution is -0.179. The standard InChI is InChI=1S/C29H35NO7/c1-32-23-13-9-21(10-14-23)29(20-7-5-4-6-8-20,22-11-15-24(33-2)16-12-22)36-19-25-26(31)27(34-3)28(37-25)35-18-17-30/h4-16,25-28,31H,17-19,30H2,1-3H3/t25-,26-,27-,28-/m1/s1. The van der Waals surface area contributed by atoms with Crippen molar-refractivity contribution < 1.29 is 33.5 Å². The number of methoxy groups -OCH3 is 3. The van der Waals surface area contributed by atoms with Crippen molar-refractivity contribution in [1.82, 2.24) is 0 Å². The van der Waals surface area contributed by atoms with Crippen molar-refractivity contribution in [3.63, 3.8) is 0 Å². The van der Waals surface area contributed by atoms with Crippen LogP contribution >= 0.6 is 0 Å². The zero-order chi connectivity index (χ0) is 26.3. The summed E-state index contributed by atoms with van der Waals surface area (Å²) in [4.78, 5) is 0. The van der Waals surface area contributed by atoms with Crippen LogP contribution in [0.5, 0.6) is 11.5 Å². The summed E-state index contributed by atoms with van der Waals surface area (Å²) >= 11 is 0. The minimum absolute atomic E-state index is 0.0659. The lowest BCUT2D eigenvalue weighted by atomic mass is 9.80. The highest BCUT2D eigenvalue weighted by molar-refractivity contribution is 5.49. The van der Waals surface area contributed by atoms with Gasteiger partial charge < -0.3 is 39.3 Å². The molecule has 1 fully saturated rings. The Hall–Kier alpha value is -2.98. The highest BCUT2D eigenvalue weighted by Gasteiger charge is 2.47. The summed E-state index contributed by atoms with van der Waals surface area (Å²) in [6.45, 7) is 0.687. The molecule has 37 heavy (non-hydrogen) atoms. The topological polar surface area (TPSA) is 102 Å². The molecule has 0 spiro atoms. The molecule has 0 aromatic heterocycles. The molecular formula is C29H35NO7. The summed E-state index contributed by atoms with van der Waals surface area (Å²) in [6.07, 6.45) is -3.04. The second kappa shape index (κ2) is 12.5. The maximum absolute atomic E-state index is 11.0. The second-order valence-corrected chi connectivity index (χ2v) is 8.71. The van der Waals surface area contributed by atoms with Crippen LogP contribution < -0.4 is 15.2 Å². The van der Waals surface area contributed by atoms with Gasteiger partial charge in [0.1, 0.15) is 35.4 Å². The first-order valence-corrected chi connectivity index (χ1v) is 12.2. The summed E-state index contributed by atoms with van der Waals surface area (Å²) in [5, 5.41) is 11.0. The van der Waals surface area contributed by atoms with Gasteiger partial charge in [0.25, 0.3) is 0 Å². The molecule has 0 radical (unpaired) electrons. The molecule has 3 N–H and O–H groups in total. The minimum atomic E-state index is -1.03. The first-order chi connectivity index (χ1) is 18.1.